The van der Waals surface area contributed by atoms with Gasteiger partial charge in [-0.3, -0.25) is 9.59 Å². The number of piperazine rings is 1. The predicted molar refractivity (Wildman–Crippen MR) is 101 cm³/mol. The number of amides is 2. The predicted octanol–water partition coefficient (Wildman–Crippen LogP) is 2.93. The average Bonchev–Trinajstić information content (AvgIpc) is 2.66. The van der Waals surface area contributed by atoms with E-state index in [1.807, 2.05) is 9.80 Å². The highest BCUT2D eigenvalue weighted by Crippen LogP contribution is 2.27. The lowest BCUT2D eigenvalue weighted by molar-refractivity contribution is -0.139. The first-order valence-electron chi connectivity index (χ1n) is 10.5. The topological polar surface area (TPSA) is 66.6 Å². The monoisotopic (exact) mass is 351 g/mol. The van der Waals surface area contributed by atoms with Crippen molar-refractivity contribution < 1.29 is 9.59 Å². The molecule has 0 aromatic carbocycles. The van der Waals surface area contributed by atoms with E-state index < -0.39 is 0 Å². The molecule has 0 unspecified atom stereocenters. The van der Waals surface area contributed by atoms with Crippen molar-refractivity contribution in [3.8, 4) is 0 Å². The maximum absolute atomic E-state index is 12.4. The van der Waals surface area contributed by atoms with E-state index in [2.05, 4.69) is 0 Å². The summed E-state index contributed by atoms with van der Waals surface area (Å²) in [4.78, 5) is 28.5. The van der Waals surface area contributed by atoms with Crippen LogP contribution in [-0.2, 0) is 9.59 Å². The molecule has 2 fully saturated rings. The summed E-state index contributed by atoms with van der Waals surface area (Å²) < 4.78 is 0. The van der Waals surface area contributed by atoms with Crippen LogP contribution in [0.4, 0.5) is 0 Å². The summed E-state index contributed by atoms with van der Waals surface area (Å²) in [6.45, 7) is 3.57. The van der Waals surface area contributed by atoms with Crippen LogP contribution < -0.4 is 5.73 Å². The van der Waals surface area contributed by atoms with Gasteiger partial charge in [0.15, 0.2) is 0 Å². The van der Waals surface area contributed by atoms with E-state index in [1.165, 1.54) is 32.1 Å². The Morgan fingerprint density at radius 3 is 1.92 bits per heavy atom. The molecule has 144 valence electrons. The SMILES string of the molecule is NCCCCCCC(=O)N1CCN(C(=O)CCC2CCCCC2)CC1. The van der Waals surface area contributed by atoms with Gasteiger partial charge in [0, 0.05) is 39.0 Å². The van der Waals surface area contributed by atoms with Crippen molar-refractivity contribution in [2.45, 2.75) is 77.0 Å². The second kappa shape index (κ2) is 11.5. The number of carbonyl (C=O) groups excluding carboxylic acids is 2. The van der Waals surface area contributed by atoms with Gasteiger partial charge in [-0.25, -0.2) is 0 Å². The van der Waals surface area contributed by atoms with Crippen molar-refractivity contribution in [1.29, 1.82) is 0 Å². The third kappa shape index (κ3) is 7.35. The summed E-state index contributed by atoms with van der Waals surface area (Å²) in [7, 11) is 0. The molecule has 0 radical (unpaired) electrons. The summed E-state index contributed by atoms with van der Waals surface area (Å²) in [5, 5.41) is 0. The molecular formula is C20H37N3O2. The van der Waals surface area contributed by atoms with Crippen LogP contribution >= 0.6 is 0 Å². The highest BCUT2D eigenvalue weighted by atomic mass is 16.2. The smallest absolute Gasteiger partial charge is 0.222 e. The van der Waals surface area contributed by atoms with E-state index in [0.717, 1.165) is 44.6 Å². The molecule has 5 nitrogen and oxygen atoms in total. The molecule has 0 atom stereocenters. The second-order valence-corrected chi connectivity index (χ2v) is 7.76. The van der Waals surface area contributed by atoms with Crippen LogP contribution in [0, 0.1) is 5.92 Å². The van der Waals surface area contributed by atoms with Gasteiger partial charge >= 0.3 is 0 Å². The minimum atomic E-state index is 0.252. The average molecular weight is 352 g/mol. The van der Waals surface area contributed by atoms with Crippen molar-refractivity contribution >= 4 is 11.8 Å². The highest BCUT2D eigenvalue weighted by Gasteiger charge is 2.24. The first-order chi connectivity index (χ1) is 12.2. The molecule has 2 aliphatic rings. The van der Waals surface area contributed by atoms with Crippen molar-refractivity contribution in [1.82, 2.24) is 9.80 Å². The zero-order valence-corrected chi connectivity index (χ0v) is 15.9. The number of nitrogens with zero attached hydrogens (tertiary/aromatic N) is 2. The largest absolute Gasteiger partial charge is 0.339 e. The fourth-order valence-corrected chi connectivity index (χ4v) is 4.10. The van der Waals surface area contributed by atoms with Gasteiger partial charge in [-0.1, -0.05) is 44.9 Å². The van der Waals surface area contributed by atoms with Crippen LogP contribution in [-0.4, -0.2) is 54.3 Å². The molecule has 0 aromatic rings. The molecule has 1 saturated carbocycles. The molecule has 1 saturated heterocycles. The van der Waals surface area contributed by atoms with Crippen molar-refractivity contribution in [3.05, 3.63) is 0 Å². The molecule has 25 heavy (non-hydrogen) atoms. The van der Waals surface area contributed by atoms with Crippen LogP contribution in [0.5, 0.6) is 0 Å². The Balaban J connectivity index is 1.58. The Morgan fingerprint density at radius 1 is 0.760 bits per heavy atom. The van der Waals surface area contributed by atoms with Gasteiger partial charge in [-0.15, -0.1) is 0 Å². The molecule has 1 aliphatic carbocycles. The van der Waals surface area contributed by atoms with E-state index in [-0.39, 0.29) is 5.91 Å². The zero-order valence-electron chi connectivity index (χ0n) is 15.9. The summed E-state index contributed by atoms with van der Waals surface area (Å²) in [5.74, 6) is 1.31. The lowest BCUT2D eigenvalue weighted by Gasteiger charge is -2.35. The minimum absolute atomic E-state index is 0.252. The van der Waals surface area contributed by atoms with Gasteiger partial charge in [-0.2, -0.15) is 0 Å². The molecule has 2 amide bonds. The van der Waals surface area contributed by atoms with Gasteiger partial charge in [0.25, 0.3) is 0 Å². The summed E-state index contributed by atoms with van der Waals surface area (Å²) >= 11 is 0. The van der Waals surface area contributed by atoms with E-state index in [1.54, 1.807) is 0 Å². The van der Waals surface area contributed by atoms with Crippen LogP contribution in [0.15, 0.2) is 0 Å². The normalized spacial score (nSPS) is 19.2. The van der Waals surface area contributed by atoms with E-state index in [0.29, 0.717) is 44.9 Å². The quantitative estimate of drug-likeness (QED) is 0.650. The Bertz CT molecular complexity index is 400. The van der Waals surface area contributed by atoms with Gasteiger partial charge in [0.05, 0.1) is 0 Å². The first-order valence-corrected chi connectivity index (χ1v) is 10.5. The fraction of sp³-hybridized carbons (Fsp3) is 0.900. The molecule has 2 N–H and O–H groups in total. The lowest BCUT2D eigenvalue weighted by atomic mass is 9.86. The number of nitrogens with two attached hydrogens (primary N) is 1. The first kappa shape index (κ1) is 20.2. The van der Waals surface area contributed by atoms with Crippen LogP contribution in [0.25, 0.3) is 0 Å². The number of rotatable bonds is 9. The Hall–Kier alpha value is -1.10. The molecule has 1 heterocycles. The molecule has 0 spiro atoms. The standard InChI is InChI=1S/C20H37N3O2/c21-13-7-2-1-6-10-19(24)22-14-16-23(17-15-22)20(25)12-11-18-8-4-3-5-9-18/h18H,1-17,21H2. The van der Waals surface area contributed by atoms with Crippen molar-refractivity contribution in [2.75, 3.05) is 32.7 Å². The van der Waals surface area contributed by atoms with Crippen LogP contribution in [0.3, 0.4) is 0 Å². The molecule has 2 rings (SSSR count). The van der Waals surface area contributed by atoms with Crippen molar-refractivity contribution in [3.63, 3.8) is 0 Å². The second-order valence-electron chi connectivity index (χ2n) is 7.76. The summed E-state index contributed by atoms with van der Waals surface area (Å²) in [6.07, 6.45) is 13.3. The highest BCUT2D eigenvalue weighted by molar-refractivity contribution is 5.78. The number of hydrogen-bond donors (Lipinski definition) is 1. The summed E-state index contributed by atoms with van der Waals surface area (Å²) in [6, 6.07) is 0. The number of unbranched alkanes of at least 4 members (excludes halogenated alkanes) is 3. The van der Waals surface area contributed by atoms with E-state index in [4.69, 9.17) is 5.73 Å². The fourth-order valence-electron chi connectivity index (χ4n) is 4.10. The Labute approximate surface area is 153 Å². The van der Waals surface area contributed by atoms with Crippen LogP contribution in [0.1, 0.15) is 77.0 Å². The number of hydrogen-bond acceptors (Lipinski definition) is 3. The molecule has 1 aliphatic heterocycles. The van der Waals surface area contributed by atoms with Gasteiger partial charge in [0.2, 0.25) is 11.8 Å². The van der Waals surface area contributed by atoms with E-state index >= 15 is 0 Å². The van der Waals surface area contributed by atoms with Gasteiger partial charge in [0.1, 0.15) is 0 Å². The third-order valence-corrected chi connectivity index (χ3v) is 5.82. The Kier molecular flexibility index (Phi) is 9.30. The van der Waals surface area contributed by atoms with Crippen molar-refractivity contribution in [2.24, 2.45) is 11.7 Å². The van der Waals surface area contributed by atoms with Crippen LogP contribution in [0.2, 0.25) is 0 Å². The third-order valence-electron chi connectivity index (χ3n) is 5.82. The maximum Gasteiger partial charge on any atom is 0.222 e. The minimum Gasteiger partial charge on any atom is -0.339 e. The molecule has 5 heteroatoms. The lowest BCUT2D eigenvalue weighted by Crippen LogP contribution is -2.50. The van der Waals surface area contributed by atoms with E-state index in [9.17, 15) is 9.59 Å². The maximum atomic E-state index is 12.4. The van der Waals surface area contributed by atoms with Gasteiger partial charge < -0.3 is 15.5 Å². The van der Waals surface area contributed by atoms with Gasteiger partial charge in [-0.05, 0) is 31.7 Å². The summed E-state index contributed by atoms with van der Waals surface area (Å²) in [5.41, 5.74) is 5.48. The zero-order chi connectivity index (χ0) is 17.9. The molecule has 0 aromatic heterocycles. The molecule has 0 bridgehead atoms. The number of carbonyl (C=O) groups is 2. The molecular weight excluding hydrogens is 314 g/mol. The Morgan fingerprint density at radius 2 is 1.32 bits per heavy atom.